The summed E-state index contributed by atoms with van der Waals surface area (Å²) in [6, 6.07) is 17.1. The number of benzene rings is 2. The Morgan fingerprint density at radius 2 is 1.67 bits per heavy atom. The number of rotatable bonds is 7. The second-order valence-corrected chi connectivity index (χ2v) is 11.1. The van der Waals surface area contributed by atoms with Crippen LogP contribution in [0, 0.1) is 6.92 Å². The van der Waals surface area contributed by atoms with Gasteiger partial charge < -0.3 is 24.8 Å². The van der Waals surface area contributed by atoms with Crippen molar-refractivity contribution in [3.05, 3.63) is 92.5 Å². The number of ether oxygens (including phenoxy) is 3. The van der Waals surface area contributed by atoms with E-state index in [-0.39, 0.29) is 17.6 Å². The molecule has 2 N–H and O–H groups in total. The average molecular weight is 545 g/mol. The Morgan fingerprint density at radius 1 is 0.923 bits per heavy atom. The van der Waals surface area contributed by atoms with Crippen molar-refractivity contribution < 1.29 is 23.8 Å². The summed E-state index contributed by atoms with van der Waals surface area (Å²) in [6.07, 6.45) is 1.01. The fourth-order valence-corrected chi connectivity index (χ4v) is 6.45. The molecule has 8 heteroatoms. The predicted octanol–water partition coefficient (Wildman–Crippen LogP) is 6.08. The number of carbonyl (C=O) groups excluding carboxylic acids is 2. The lowest BCUT2D eigenvalue weighted by Gasteiger charge is -2.36. The third kappa shape index (κ3) is 5.16. The molecule has 3 aromatic rings. The number of Topliss-reactive ketones (excluding diaryl/α,β-unsaturated/α-hetero) is 1. The lowest BCUT2D eigenvalue weighted by molar-refractivity contribution is -0.116. The van der Waals surface area contributed by atoms with Crippen LogP contribution in [0.1, 0.15) is 46.9 Å². The van der Waals surface area contributed by atoms with Gasteiger partial charge in [-0.2, -0.15) is 0 Å². The fraction of sp³-hybridized carbons (Fsp3) is 0.290. The van der Waals surface area contributed by atoms with Gasteiger partial charge in [-0.15, -0.1) is 11.3 Å². The molecule has 2 atom stereocenters. The maximum atomic E-state index is 13.9. The lowest BCUT2D eigenvalue weighted by atomic mass is 9.73. The number of carbonyl (C=O) groups is 2. The highest BCUT2D eigenvalue weighted by Crippen LogP contribution is 2.47. The van der Waals surface area contributed by atoms with Crippen molar-refractivity contribution in [3.8, 4) is 17.2 Å². The standard InChI is InChI=1S/C31H32N2O5S/c1-17-6-13-27(39-17)30-28(31(35)33-21-8-10-22(36-3)11-9-21)18(2)32-23-14-20(15-24(34)29(23)30)19-7-12-25(37-4)26(16-19)38-5/h6-13,16,20,30,32H,14-15H2,1-5H3,(H,33,35). The third-order valence-corrected chi connectivity index (χ3v) is 8.41. The second-order valence-electron chi connectivity index (χ2n) is 9.76. The largest absolute Gasteiger partial charge is 0.497 e. The number of hydrogen-bond donors (Lipinski definition) is 2. The van der Waals surface area contributed by atoms with Crippen molar-refractivity contribution in [2.24, 2.45) is 0 Å². The van der Waals surface area contributed by atoms with E-state index in [0.717, 1.165) is 26.7 Å². The molecule has 0 bridgehead atoms. The van der Waals surface area contributed by atoms with Gasteiger partial charge >= 0.3 is 0 Å². The molecule has 1 aromatic heterocycles. The highest BCUT2D eigenvalue weighted by atomic mass is 32.1. The molecule has 1 aliphatic heterocycles. The first kappa shape index (κ1) is 26.6. The molecule has 5 rings (SSSR count). The van der Waals surface area contributed by atoms with E-state index >= 15 is 0 Å². The molecule has 0 saturated heterocycles. The average Bonchev–Trinajstić information content (AvgIpc) is 3.37. The van der Waals surface area contributed by atoms with Gasteiger partial charge in [-0.3, -0.25) is 9.59 Å². The molecule has 0 saturated carbocycles. The number of hydrogen-bond acceptors (Lipinski definition) is 7. The minimum atomic E-state index is -0.433. The Morgan fingerprint density at radius 3 is 2.31 bits per heavy atom. The number of methoxy groups -OCH3 is 3. The Bertz CT molecular complexity index is 1480. The summed E-state index contributed by atoms with van der Waals surface area (Å²) in [5, 5.41) is 6.47. The van der Waals surface area contributed by atoms with Gasteiger partial charge in [-0.1, -0.05) is 6.07 Å². The van der Waals surface area contributed by atoms with Crippen LogP contribution in [0.25, 0.3) is 0 Å². The van der Waals surface area contributed by atoms with E-state index in [1.165, 1.54) is 0 Å². The molecular formula is C31H32N2O5S. The van der Waals surface area contributed by atoms with Crippen molar-refractivity contribution >= 4 is 28.7 Å². The van der Waals surface area contributed by atoms with Gasteiger partial charge in [0.25, 0.3) is 5.91 Å². The van der Waals surface area contributed by atoms with Crippen LogP contribution in [0.15, 0.2) is 77.1 Å². The molecule has 0 spiro atoms. The number of thiophene rings is 1. The third-order valence-electron chi connectivity index (χ3n) is 7.34. The Labute approximate surface area is 232 Å². The maximum Gasteiger partial charge on any atom is 0.254 e. The molecular weight excluding hydrogens is 512 g/mol. The topological polar surface area (TPSA) is 85.9 Å². The van der Waals surface area contributed by atoms with Gasteiger partial charge in [0.1, 0.15) is 5.75 Å². The normalized spacial score (nSPS) is 18.8. The van der Waals surface area contributed by atoms with Crippen molar-refractivity contribution in [2.45, 2.75) is 38.5 Å². The summed E-state index contributed by atoms with van der Waals surface area (Å²) in [5.74, 6) is 1.36. The highest BCUT2D eigenvalue weighted by Gasteiger charge is 2.41. The number of amides is 1. The van der Waals surface area contributed by atoms with E-state index in [9.17, 15) is 9.59 Å². The van der Waals surface area contributed by atoms with Gasteiger partial charge in [0, 0.05) is 44.4 Å². The zero-order chi connectivity index (χ0) is 27.7. The summed E-state index contributed by atoms with van der Waals surface area (Å²) in [5.41, 5.74) is 4.54. The summed E-state index contributed by atoms with van der Waals surface area (Å²) >= 11 is 1.62. The van der Waals surface area contributed by atoms with E-state index in [1.807, 2.05) is 44.2 Å². The zero-order valence-corrected chi connectivity index (χ0v) is 23.5. The molecule has 0 radical (unpaired) electrons. The van der Waals surface area contributed by atoms with Crippen LogP contribution in [-0.2, 0) is 9.59 Å². The van der Waals surface area contributed by atoms with Crippen molar-refractivity contribution in [3.63, 3.8) is 0 Å². The quantitative estimate of drug-likeness (QED) is 0.375. The Hall–Kier alpha value is -4.04. The molecule has 202 valence electrons. The van der Waals surface area contributed by atoms with E-state index in [0.29, 0.717) is 46.9 Å². The molecule has 7 nitrogen and oxygen atoms in total. The van der Waals surface area contributed by atoms with Crippen LogP contribution in [0.5, 0.6) is 17.2 Å². The van der Waals surface area contributed by atoms with Crippen molar-refractivity contribution in [2.75, 3.05) is 26.6 Å². The van der Waals surface area contributed by atoms with Crippen LogP contribution in [-0.4, -0.2) is 33.0 Å². The summed E-state index contributed by atoms with van der Waals surface area (Å²) in [4.78, 5) is 29.7. The van der Waals surface area contributed by atoms with E-state index in [4.69, 9.17) is 14.2 Å². The van der Waals surface area contributed by atoms with Crippen molar-refractivity contribution in [1.29, 1.82) is 0 Å². The van der Waals surface area contributed by atoms with Gasteiger partial charge in [0.2, 0.25) is 0 Å². The van der Waals surface area contributed by atoms with Crippen LogP contribution < -0.4 is 24.8 Å². The lowest BCUT2D eigenvalue weighted by Crippen LogP contribution is -2.36. The summed E-state index contributed by atoms with van der Waals surface area (Å²) in [6.45, 7) is 3.94. The number of aryl methyl sites for hydroxylation is 1. The molecule has 1 aliphatic carbocycles. The first-order valence-electron chi connectivity index (χ1n) is 12.8. The molecule has 2 aliphatic rings. The van der Waals surface area contributed by atoms with E-state index < -0.39 is 5.92 Å². The number of dihydropyridines is 1. The van der Waals surface area contributed by atoms with Crippen molar-refractivity contribution in [1.82, 2.24) is 5.32 Å². The van der Waals surface area contributed by atoms with Crippen LogP contribution in [0.3, 0.4) is 0 Å². The highest BCUT2D eigenvalue weighted by molar-refractivity contribution is 7.12. The van der Waals surface area contributed by atoms with Crippen LogP contribution >= 0.6 is 11.3 Å². The smallest absolute Gasteiger partial charge is 0.254 e. The van der Waals surface area contributed by atoms with Gasteiger partial charge in [-0.05, 0) is 80.3 Å². The molecule has 1 amide bonds. The minimum Gasteiger partial charge on any atom is -0.497 e. The zero-order valence-electron chi connectivity index (χ0n) is 22.7. The van der Waals surface area contributed by atoms with Gasteiger partial charge in [0.05, 0.1) is 27.2 Å². The number of anilines is 1. The summed E-state index contributed by atoms with van der Waals surface area (Å²) in [7, 11) is 4.82. The molecule has 2 unspecified atom stereocenters. The number of allylic oxidation sites excluding steroid dienone is 3. The number of nitrogens with one attached hydrogen (secondary N) is 2. The van der Waals surface area contributed by atoms with Crippen LogP contribution in [0.4, 0.5) is 5.69 Å². The van der Waals surface area contributed by atoms with Gasteiger partial charge in [-0.25, -0.2) is 0 Å². The minimum absolute atomic E-state index is 0.0169. The van der Waals surface area contributed by atoms with Crippen LogP contribution in [0.2, 0.25) is 0 Å². The molecule has 2 heterocycles. The first-order chi connectivity index (χ1) is 18.8. The van der Waals surface area contributed by atoms with E-state index in [1.54, 1.807) is 56.9 Å². The van der Waals surface area contributed by atoms with Gasteiger partial charge in [0.15, 0.2) is 17.3 Å². The maximum absolute atomic E-state index is 13.9. The fourth-order valence-electron chi connectivity index (χ4n) is 5.45. The number of ketones is 1. The first-order valence-corrected chi connectivity index (χ1v) is 13.6. The SMILES string of the molecule is COc1ccc(NC(=O)C2=C(C)NC3=C(C(=O)CC(c4ccc(OC)c(OC)c4)C3)C2c2ccc(C)s2)cc1. The summed E-state index contributed by atoms with van der Waals surface area (Å²) < 4.78 is 16.1. The molecule has 2 aromatic carbocycles. The Balaban J connectivity index is 1.50. The monoisotopic (exact) mass is 544 g/mol. The molecule has 0 fully saturated rings. The van der Waals surface area contributed by atoms with E-state index in [2.05, 4.69) is 10.6 Å². The predicted molar refractivity (Wildman–Crippen MR) is 153 cm³/mol. The Kier molecular flexibility index (Phi) is 7.48. The molecule has 39 heavy (non-hydrogen) atoms. The second kappa shape index (κ2) is 11.0.